The Morgan fingerprint density at radius 1 is 1.47 bits per heavy atom. The Hall–Kier alpha value is -1.03. The Balaban J connectivity index is 2.62. The molecule has 1 aliphatic rings. The average molecular weight is 213 g/mol. The van der Waals surface area contributed by atoms with Crippen LogP contribution in [0, 0.1) is 0 Å². The molecule has 1 unspecified atom stereocenters. The van der Waals surface area contributed by atoms with Crippen LogP contribution < -0.4 is 0 Å². The van der Waals surface area contributed by atoms with E-state index < -0.39 is 5.60 Å². The highest BCUT2D eigenvalue weighted by Gasteiger charge is 2.27. The van der Waals surface area contributed by atoms with Crippen LogP contribution in [0.4, 0.5) is 4.79 Å². The summed E-state index contributed by atoms with van der Waals surface area (Å²) < 4.78 is 10.5. The van der Waals surface area contributed by atoms with Gasteiger partial charge in [-0.05, 0) is 33.3 Å². The maximum absolute atomic E-state index is 11.8. The zero-order chi connectivity index (χ0) is 11.5. The second-order valence-electron chi connectivity index (χ2n) is 4.52. The van der Waals surface area contributed by atoms with Gasteiger partial charge in [-0.3, -0.25) is 4.90 Å². The molecule has 15 heavy (non-hydrogen) atoms. The highest BCUT2D eigenvalue weighted by atomic mass is 16.6. The minimum absolute atomic E-state index is 0.298. The number of ether oxygens (including phenoxy) is 2. The van der Waals surface area contributed by atoms with E-state index in [4.69, 9.17) is 9.47 Å². The summed E-state index contributed by atoms with van der Waals surface area (Å²) in [6.07, 6.45) is 4.11. The number of amides is 1. The molecule has 0 aromatic heterocycles. The minimum Gasteiger partial charge on any atom is -0.444 e. The molecule has 1 atom stereocenters. The quantitative estimate of drug-likeness (QED) is 0.626. The summed E-state index contributed by atoms with van der Waals surface area (Å²) >= 11 is 0. The Morgan fingerprint density at radius 3 is 2.67 bits per heavy atom. The van der Waals surface area contributed by atoms with Crippen molar-refractivity contribution >= 4 is 6.09 Å². The van der Waals surface area contributed by atoms with E-state index in [-0.39, 0.29) is 12.3 Å². The fourth-order valence-electron chi connectivity index (χ4n) is 1.38. The molecule has 4 heteroatoms. The molecule has 0 aromatic carbocycles. The summed E-state index contributed by atoms with van der Waals surface area (Å²) in [5, 5.41) is 0. The Labute approximate surface area is 90.8 Å². The summed E-state index contributed by atoms with van der Waals surface area (Å²) in [4.78, 5) is 13.4. The van der Waals surface area contributed by atoms with E-state index in [2.05, 4.69) is 0 Å². The first-order valence-electron chi connectivity index (χ1n) is 5.13. The maximum Gasteiger partial charge on any atom is 0.412 e. The van der Waals surface area contributed by atoms with Gasteiger partial charge < -0.3 is 9.47 Å². The van der Waals surface area contributed by atoms with Crippen molar-refractivity contribution < 1.29 is 14.3 Å². The van der Waals surface area contributed by atoms with Gasteiger partial charge in [-0.15, -0.1) is 0 Å². The van der Waals surface area contributed by atoms with Gasteiger partial charge in [0.15, 0.2) is 6.23 Å². The molecule has 0 fully saturated rings. The third-order valence-electron chi connectivity index (χ3n) is 2.01. The second-order valence-corrected chi connectivity index (χ2v) is 4.52. The molecule has 0 bridgehead atoms. The van der Waals surface area contributed by atoms with E-state index in [0.717, 1.165) is 6.42 Å². The Morgan fingerprint density at radius 2 is 2.13 bits per heavy atom. The molecule has 0 spiro atoms. The zero-order valence-electron chi connectivity index (χ0n) is 9.82. The largest absolute Gasteiger partial charge is 0.444 e. The lowest BCUT2D eigenvalue weighted by Gasteiger charge is -2.32. The van der Waals surface area contributed by atoms with Crippen LogP contribution in [-0.4, -0.2) is 36.5 Å². The minimum atomic E-state index is -0.462. The lowest BCUT2D eigenvalue weighted by Crippen LogP contribution is -2.45. The van der Waals surface area contributed by atoms with Gasteiger partial charge in [0.25, 0.3) is 0 Å². The molecule has 0 saturated heterocycles. The van der Waals surface area contributed by atoms with Gasteiger partial charge in [0.2, 0.25) is 0 Å². The molecular formula is C11H19NO3. The Kier molecular flexibility index (Phi) is 3.74. The number of carbonyl (C=O) groups is 1. The monoisotopic (exact) mass is 213 g/mol. The predicted molar refractivity (Wildman–Crippen MR) is 57.5 cm³/mol. The van der Waals surface area contributed by atoms with Crippen molar-refractivity contribution in [1.82, 2.24) is 4.90 Å². The van der Waals surface area contributed by atoms with Crippen LogP contribution in [0.5, 0.6) is 0 Å². The lowest BCUT2D eigenvalue weighted by atomic mass is 10.2. The maximum atomic E-state index is 11.8. The average Bonchev–Trinajstić information content (AvgIpc) is 2.15. The predicted octanol–water partition coefficient (Wildman–Crippen LogP) is 2.16. The Bertz CT molecular complexity index is 255. The molecule has 1 heterocycles. The van der Waals surface area contributed by atoms with E-state index in [1.807, 2.05) is 32.9 Å². The molecule has 0 N–H and O–H groups in total. The fourth-order valence-corrected chi connectivity index (χ4v) is 1.38. The van der Waals surface area contributed by atoms with E-state index in [1.54, 1.807) is 12.0 Å². The molecule has 4 nitrogen and oxygen atoms in total. The molecule has 1 rings (SSSR count). The molecule has 0 aromatic rings. The summed E-state index contributed by atoms with van der Waals surface area (Å²) in [6.45, 7) is 6.20. The van der Waals surface area contributed by atoms with Crippen molar-refractivity contribution in [3.63, 3.8) is 0 Å². The molecule has 86 valence electrons. The van der Waals surface area contributed by atoms with Gasteiger partial charge in [-0.2, -0.15) is 0 Å². The lowest BCUT2D eigenvalue weighted by molar-refractivity contribution is -0.0314. The standard InChI is InChI=1S/C11H19NO3/c1-11(2,3)15-10(13)12-8-6-5-7-9(12)14-4/h5,7,9H,6,8H2,1-4H3. The third-order valence-corrected chi connectivity index (χ3v) is 2.01. The molecule has 0 aliphatic carbocycles. The molecule has 1 amide bonds. The second kappa shape index (κ2) is 4.66. The number of nitrogens with zero attached hydrogens (tertiary/aromatic N) is 1. The van der Waals surface area contributed by atoms with Crippen LogP contribution in [0.15, 0.2) is 12.2 Å². The molecule has 1 aliphatic heterocycles. The first-order valence-corrected chi connectivity index (χ1v) is 5.13. The first kappa shape index (κ1) is 12.0. The molecule has 0 radical (unpaired) electrons. The molecule has 0 saturated carbocycles. The van der Waals surface area contributed by atoms with E-state index >= 15 is 0 Å². The van der Waals surface area contributed by atoms with Crippen LogP contribution >= 0.6 is 0 Å². The zero-order valence-corrected chi connectivity index (χ0v) is 9.82. The van der Waals surface area contributed by atoms with Gasteiger partial charge in [-0.25, -0.2) is 4.79 Å². The smallest absolute Gasteiger partial charge is 0.412 e. The molecular weight excluding hydrogens is 194 g/mol. The first-order chi connectivity index (χ1) is 6.94. The van der Waals surface area contributed by atoms with Crippen LogP contribution in [0.1, 0.15) is 27.2 Å². The van der Waals surface area contributed by atoms with Gasteiger partial charge >= 0.3 is 6.09 Å². The third kappa shape index (κ3) is 3.55. The van der Waals surface area contributed by atoms with E-state index in [1.165, 1.54) is 0 Å². The topological polar surface area (TPSA) is 38.8 Å². The van der Waals surface area contributed by atoms with Crippen LogP contribution in [0.3, 0.4) is 0 Å². The summed E-state index contributed by atoms with van der Waals surface area (Å²) in [5.74, 6) is 0. The normalized spacial score (nSPS) is 21.6. The highest BCUT2D eigenvalue weighted by Crippen LogP contribution is 2.16. The van der Waals surface area contributed by atoms with Gasteiger partial charge in [0.1, 0.15) is 5.60 Å². The number of hydrogen-bond acceptors (Lipinski definition) is 3. The number of hydrogen-bond donors (Lipinski definition) is 0. The van der Waals surface area contributed by atoms with Crippen LogP contribution in [0.25, 0.3) is 0 Å². The number of rotatable bonds is 1. The van der Waals surface area contributed by atoms with E-state index in [0.29, 0.717) is 6.54 Å². The van der Waals surface area contributed by atoms with Crippen molar-refractivity contribution in [3.8, 4) is 0 Å². The van der Waals surface area contributed by atoms with Gasteiger partial charge in [0, 0.05) is 13.7 Å². The van der Waals surface area contributed by atoms with Crippen molar-refractivity contribution in [3.05, 3.63) is 12.2 Å². The van der Waals surface area contributed by atoms with Crippen LogP contribution in [0.2, 0.25) is 0 Å². The SMILES string of the molecule is COC1C=CCCN1C(=O)OC(C)(C)C. The number of methoxy groups -OCH3 is 1. The fraction of sp³-hybridized carbons (Fsp3) is 0.727. The van der Waals surface area contributed by atoms with Gasteiger partial charge in [0.05, 0.1) is 0 Å². The summed E-state index contributed by atoms with van der Waals surface area (Å²) in [6, 6.07) is 0. The van der Waals surface area contributed by atoms with Crippen molar-refractivity contribution in [2.75, 3.05) is 13.7 Å². The summed E-state index contributed by atoms with van der Waals surface area (Å²) in [5.41, 5.74) is -0.462. The summed E-state index contributed by atoms with van der Waals surface area (Å²) in [7, 11) is 1.58. The van der Waals surface area contributed by atoms with Crippen molar-refractivity contribution in [1.29, 1.82) is 0 Å². The van der Waals surface area contributed by atoms with Crippen molar-refractivity contribution in [2.24, 2.45) is 0 Å². The van der Waals surface area contributed by atoms with Gasteiger partial charge in [-0.1, -0.05) is 6.08 Å². The highest BCUT2D eigenvalue weighted by molar-refractivity contribution is 5.68. The van der Waals surface area contributed by atoms with E-state index in [9.17, 15) is 4.79 Å². The van der Waals surface area contributed by atoms with Crippen LogP contribution in [-0.2, 0) is 9.47 Å². The number of carbonyl (C=O) groups excluding carboxylic acids is 1. The van der Waals surface area contributed by atoms with Crippen molar-refractivity contribution in [2.45, 2.75) is 39.0 Å².